The molecule has 0 bridgehead atoms. The number of thiophene rings is 1. The monoisotopic (exact) mass is 397 g/mol. The van der Waals surface area contributed by atoms with Crippen molar-refractivity contribution in [2.45, 2.75) is 40.2 Å². The molecule has 3 aromatic rings. The number of aryl methyl sites for hydroxylation is 4. The second kappa shape index (κ2) is 7.39. The lowest BCUT2D eigenvalue weighted by Crippen LogP contribution is -2.28. The number of carbonyl (C=O) groups excluding carboxylic acids is 1. The molecule has 28 heavy (non-hydrogen) atoms. The van der Waals surface area contributed by atoms with Crippen molar-refractivity contribution in [3.8, 4) is 5.75 Å². The first-order valence-corrected chi connectivity index (χ1v) is 10.3. The Labute approximate surface area is 167 Å². The Hall–Kier alpha value is -2.67. The number of hydrogen-bond acceptors (Lipinski definition) is 5. The van der Waals surface area contributed by atoms with E-state index in [1.54, 1.807) is 4.57 Å². The van der Waals surface area contributed by atoms with Crippen molar-refractivity contribution in [3.63, 3.8) is 0 Å². The molecule has 6 nitrogen and oxygen atoms in total. The van der Waals surface area contributed by atoms with Crippen LogP contribution in [0.3, 0.4) is 0 Å². The van der Waals surface area contributed by atoms with E-state index >= 15 is 0 Å². The maximum Gasteiger partial charge on any atom is 0.262 e. The quantitative estimate of drug-likeness (QED) is 0.672. The van der Waals surface area contributed by atoms with E-state index < -0.39 is 0 Å². The molecule has 1 aliphatic rings. The van der Waals surface area contributed by atoms with Crippen molar-refractivity contribution in [1.29, 1.82) is 0 Å². The predicted octanol–water partition coefficient (Wildman–Crippen LogP) is 3.14. The number of aromatic nitrogens is 2. The Morgan fingerprint density at radius 2 is 2.04 bits per heavy atom. The zero-order valence-corrected chi connectivity index (χ0v) is 17.1. The Morgan fingerprint density at radius 3 is 2.79 bits per heavy atom. The molecule has 1 aromatic carbocycles. The number of ether oxygens (including phenoxy) is 1. The number of para-hydroxylation sites is 1. The predicted molar refractivity (Wildman–Crippen MR) is 111 cm³/mol. The fourth-order valence-corrected chi connectivity index (χ4v) is 4.82. The van der Waals surface area contributed by atoms with Gasteiger partial charge in [-0.2, -0.15) is 0 Å². The topological polar surface area (TPSA) is 73.2 Å². The van der Waals surface area contributed by atoms with E-state index in [2.05, 4.69) is 10.3 Å². The lowest BCUT2D eigenvalue weighted by Gasteiger charge is -2.12. The molecule has 3 heterocycles. The summed E-state index contributed by atoms with van der Waals surface area (Å²) < 4.78 is 7.58. The first-order valence-electron chi connectivity index (χ1n) is 9.47. The van der Waals surface area contributed by atoms with Crippen LogP contribution in [-0.2, 0) is 13.0 Å². The molecular weight excluding hydrogens is 374 g/mol. The number of fused-ring (bicyclic) bond motifs is 2. The fraction of sp³-hybridized carbons (Fsp3) is 0.381. The number of carbonyl (C=O) groups is 1. The number of rotatable bonds is 5. The van der Waals surface area contributed by atoms with Gasteiger partial charge in [0, 0.05) is 13.0 Å². The summed E-state index contributed by atoms with van der Waals surface area (Å²) >= 11 is 1.29. The highest BCUT2D eigenvalue weighted by Crippen LogP contribution is 2.28. The van der Waals surface area contributed by atoms with Gasteiger partial charge in [-0.25, -0.2) is 4.98 Å². The fourth-order valence-electron chi connectivity index (χ4n) is 3.72. The van der Waals surface area contributed by atoms with Crippen molar-refractivity contribution in [2.24, 2.45) is 0 Å². The maximum atomic E-state index is 12.7. The third kappa shape index (κ3) is 3.20. The zero-order valence-electron chi connectivity index (χ0n) is 16.3. The third-order valence-electron chi connectivity index (χ3n) is 5.16. The van der Waals surface area contributed by atoms with E-state index in [0.717, 1.165) is 35.5 Å². The van der Waals surface area contributed by atoms with Gasteiger partial charge in [-0.15, -0.1) is 11.3 Å². The van der Waals surface area contributed by atoms with Gasteiger partial charge in [-0.3, -0.25) is 14.2 Å². The SMILES string of the molecule is Cc1cccc(C)c1OCCNC(=O)c1sc2nc3n(c(=O)c2c1C)CCC3. The van der Waals surface area contributed by atoms with Crippen molar-refractivity contribution in [3.05, 3.63) is 55.9 Å². The second-order valence-corrected chi connectivity index (χ2v) is 8.15. The van der Waals surface area contributed by atoms with E-state index in [-0.39, 0.29) is 11.5 Å². The normalized spacial score (nSPS) is 13.0. The molecule has 0 spiro atoms. The lowest BCUT2D eigenvalue weighted by atomic mass is 10.1. The number of nitrogens with one attached hydrogen (secondary N) is 1. The van der Waals surface area contributed by atoms with Gasteiger partial charge in [-0.1, -0.05) is 18.2 Å². The van der Waals surface area contributed by atoms with Gasteiger partial charge in [-0.05, 0) is 43.9 Å². The van der Waals surface area contributed by atoms with Crippen LogP contribution in [0.15, 0.2) is 23.0 Å². The van der Waals surface area contributed by atoms with Crippen LogP contribution in [0, 0.1) is 20.8 Å². The number of amides is 1. The van der Waals surface area contributed by atoms with Crippen LogP contribution < -0.4 is 15.6 Å². The molecule has 0 unspecified atom stereocenters. The second-order valence-electron chi connectivity index (χ2n) is 7.15. The summed E-state index contributed by atoms with van der Waals surface area (Å²) in [6.45, 7) is 7.32. The standard InChI is InChI=1S/C21H23N3O3S/c1-12-6-4-7-13(2)17(12)27-11-9-22-19(25)18-14(3)16-20(28-18)23-15-8-5-10-24(15)21(16)26/h4,6-7H,5,8-11H2,1-3H3,(H,22,25). The van der Waals surface area contributed by atoms with Crippen LogP contribution in [0.5, 0.6) is 5.75 Å². The van der Waals surface area contributed by atoms with E-state index in [9.17, 15) is 9.59 Å². The van der Waals surface area contributed by atoms with Crippen LogP contribution in [0.25, 0.3) is 10.2 Å². The number of benzene rings is 1. The van der Waals surface area contributed by atoms with Gasteiger partial charge in [0.2, 0.25) is 0 Å². The van der Waals surface area contributed by atoms with Crippen LogP contribution >= 0.6 is 11.3 Å². The molecule has 1 amide bonds. The summed E-state index contributed by atoms with van der Waals surface area (Å²) in [4.78, 5) is 31.2. The van der Waals surface area contributed by atoms with Crippen molar-refractivity contribution in [2.75, 3.05) is 13.2 Å². The highest BCUT2D eigenvalue weighted by molar-refractivity contribution is 7.20. The molecule has 0 fully saturated rings. The van der Waals surface area contributed by atoms with Gasteiger partial charge in [0.05, 0.1) is 16.8 Å². The minimum atomic E-state index is -0.185. The van der Waals surface area contributed by atoms with Crippen molar-refractivity contribution in [1.82, 2.24) is 14.9 Å². The first kappa shape index (κ1) is 18.7. The van der Waals surface area contributed by atoms with Crippen molar-refractivity contribution >= 4 is 27.5 Å². The van der Waals surface area contributed by atoms with E-state index in [1.807, 2.05) is 39.0 Å². The molecule has 0 aliphatic carbocycles. The summed E-state index contributed by atoms with van der Waals surface area (Å²) in [7, 11) is 0. The van der Waals surface area contributed by atoms with Gasteiger partial charge < -0.3 is 10.1 Å². The molecular formula is C21H23N3O3S. The minimum absolute atomic E-state index is 0.0244. The van der Waals surface area contributed by atoms with Gasteiger partial charge in [0.15, 0.2) is 0 Å². The molecule has 0 radical (unpaired) electrons. The first-order chi connectivity index (χ1) is 13.5. The minimum Gasteiger partial charge on any atom is -0.491 e. The largest absolute Gasteiger partial charge is 0.491 e. The van der Waals surface area contributed by atoms with Gasteiger partial charge in [0.1, 0.15) is 23.0 Å². The zero-order chi connectivity index (χ0) is 19.8. The molecule has 0 saturated heterocycles. The van der Waals surface area contributed by atoms with Crippen LogP contribution in [0.1, 0.15) is 38.6 Å². The average Bonchev–Trinajstić information content (AvgIpc) is 3.26. The third-order valence-corrected chi connectivity index (χ3v) is 6.34. The molecule has 0 saturated carbocycles. The Morgan fingerprint density at radius 1 is 1.29 bits per heavy atom. The Balaban J connectivity index is 1.47. The molecule has 2 aromatic heterocycles. The molecule has 146 valence electrons. The summed E-state index contributed by atoms with van der Waals surface area (Å²) in [5.41, 5.74) is 2.84. The Bertz CT molecular complexity index is 1110. The summed E-state index contributed by atoms with van der Waals surface area (Å²) in [6.07, 6.45) is 1.77. The molecule has 1 N–H and O–H groups in total. The molecule has 0 atom stereocenters. The van der Waals surface area contributed by atoms with Crippen molar-refractivity contribution < 1.29 is 9.53 Å². The van der Waals surface area contributed by atoms with Crippen LogP contribution in [0.4, 0.5) is 0 Å². The van der Waals surface area contributed by atoms with E-state index in [0.29, 0.717) is 40.4 Å². The average molecular weight is 398 g/mol. The summed E-state index contributed by atoms with van der Waals surface area (Å²) in [6, 6.07) is 6.00. The maximum absolute atomic E-state index is 12.7. The highest BCUT2D eigenvalue weighted by Gasteiger charge is 2.23. The smallest absolute Gasteiger partial charge is 0.262 e. The molecule has 7 heteroatoms. The lowest BCUT2D eigenvalue weighted by molar-refractivity contribution is 0.0950. The highest BCUT2D eigenvalue weighted by atomic mass is 32.1. The van der Waals surface area contributed by atoms with E-state index in [1.165, 1.54) is 11.3 Å². The van der Waals surface area contributed by atoms with Crippen LogP contribution in [-0.4, -0.2) is 28.6 Å². The number of hydrogen-bond donors (Lipinski definition) is 1. The Kier molecular flexibility index (Phi) is 4.93. The number of nitrogens with zero attached hydrogens (tertiary/aromatic N) is 2. The van der Waals surface area contributed by atoms with Gasteiger partial charge in [0.25, 0.3) is 11.5 Å². The van der Waals surface area contributed by atoms with Crippen LogP contribution in [0.2, 0.25) is 0 Å². The van der Waals surface area contributed by atoms with Gasteiger partial charge >= 0.3 is 0 Å². The molecule has 4 rings (SSSR count). The molecule has 1 aliphatic heterocycles. The van der Waals surface area contributed by atoms with E-state index in [4.69, 9.17) is 4.74 Å². The summed E-state index contributed by atoms with van der Waals surface area (Å²) in [5.74, 6) is 1.50. The summed E-state index contributed by atoms with van der Waals surface area (Å²) in [5, 5.41) is 3.47.